The van der Waals surface area contributed by atoms with Crippen molar-refractivity contribution in [3.05, 3.63) is 101 Å². The third kappa shape index (κ3) is 4.88. The largest absolute Gasteiger partial charge is 0.337 e. The molecule has 0 aliphatic heterocycles. The number of likely N-dealkylation sites (N-methyl/N-ethyl adjacent to an activating group) is 1. The van der Waals surface area contributed by atoms with Gasteiger partial charge in [-0.3, -0.25) is 14.2 Å². The average molecular weight is 335 g/mol. The van der Waals surface area contributed by atoms with Crippen LogP contribution in [0.3, 0.4) is 0 Å². The van der Waals surface area contributed by atoms with Crippen LogP contribution in [0.15, 0.2) is 84.6 Å². The van der Waals surface area contributed by atoms with Crippen molar-refractivity contribution in [1.29, 1.82) is 0 Å². The van der Waals surface area contributed by atoms with E-state index in [1.165, 1.54) is 23.2 Å². The number of hydrogen-bond donors (Lipinski definition) is 0. The van der Waals surface area contributed by atoms with Gasteiger partial charge in [-0.1, -0.05) is 43.5 Å². The molecule has 0 unspecified atom stereocenters. The Morgan fingerprint density at radius 1 is 1.24 bits per heavy atom. The zero-order valence-corrected chi connectivity index (χ0v) is 14.3. The Bertz CT molecular complexity index is 848. The fourth-order valence-corrected chi connectivity index (χ4v) is 2.35. The number of allylic oxidation sites excluding steroid dienone is 2. The van der Waals surface area contributed by atoms with Gasteiger partial charge in [-0.05, 0) is 23.3 Å². The standard InChI is InChI=1S/C20H21N3O2/c1-4-6-16(5-2)13-22(3)20(25)18-9-7-17(8-10-18)14-23-15-21-12-11-19(23)24/h4-12,15H,1-2,13-14H2,3H3/b16-6+. The average Bonchev–Trinajstić information content (AvgIpc) is 2.63. The summed E-state index contributed by atoms with van der Waals surface area (Å²) in [7, 11) is 1.74. The van der Waals surface area contributed by atoms with Crippen LogP contribution in [0, 0.1) is 0 Å². The van der Waals surface area contributed by atoms with Gasteiger partial charge in [-0.15, -0.1) is 0 Å². The normalized spacial score (nSPS) is 11.0. The third-order valence-electron chi connectivity index (χ3n) is 3.71. The van der Waals surface area contributed by atoms with E-state index in [-0.39, 0.29) is 11.5 Å². The molecule has 0 radical (unpaired) electrons. The highest BCUT2D eigenvalue weighted by atomic mass is 16.2. The van der Waals surface area contributed by atoms with Crippen molar-refractivity contribution in [2.75, 3.05) is 13.6 Å². The minimum atomic E-state index is -0.110. The van der Waals surface area contributed by atoms with E-state index in [4.69, 9.17) is 0 Å². The lowest BCUT2D eigenvalue weighted by atomic mass is 10.1. The van der Waals surface area contributed by atoms with Gasteiger partial charge < -0.3 is 4.90 Å². The van der Waals surface area contributed by atoms with Crippen LogP contribution in [0.5, 0.6) is 0 Å². The van der Waals surface area contributed by atoms with Crippen LogP contribution in [-0.4, -0.2) is 34.0 Å². The fourth-order valence-electron chi connectivity index (χ4n) is 2.35. The summed E-state index contributed by atoms with van der Waals surface area (Å²) in [5.41, 5.74) is 2.32. The molecule has 128 valence electrons. The quantitative estimate of drug-likeness (QED) is 0.731. The second kappa shape index (κ2) is 8.59. The summed E-state index contributed by atoms with van der Waals surface area (Å²) >= 11 is 0. The second-order valence-corrected chi connectivity index (χ2v) is 5.59. The Hall–Kier alpha value is -3.21. The number of benzene rings is 1. The molecule has 0 bridgehead atoms. The molecule has 1 amide bonds. The van der Waals surface area contributed by atoms with E-state index < -0.39 is 0 Å². The molecule has 2 aromatic rings. The highest BCUT2D eigenvalue weighted by Crippen LogP contribution is 2.10. The monoisotopic (exact) mass is 335 g/mol. The molecule has 0 aliphatic carbocycles. The first-order chi connectivity index (χ1) is 12.0. The molecule has 1 aromatic carbocycles. The molecule has 1 aromatic heterocycles. The van der Waals surface area contributed by atoms with Crippen LogP contribution in [0.1, 0.15) is 15.9 Å². The molecule has 1 heterocycles. The maximum atomic E-state index is 12.5. The van der Waals surface area contributed by atoms with Gasteiger partial charge in [0.25, 0.3) is 11.5 Å². The van der Waals surface area contributed by atoms with E-state index in [2.05, 4.69) is 18.1 Å². The van der Waals surface area contributed by atoms with E-state index in [1.54, 1.807) is 36.2 Å². The maximum absolute atomic E-state index is 12.5. The lowest BCUT2D eigenvalue weighted by molar-refractivity contribution is 0.0808. The molecule has 0 N–H and O–H groups in total. The summed E-state index contributed by atoms with van der Waals surface area (Å²) < 4.78 is 1.51. The van der Waals surface area contributed by atoms with E-state index in [0.717, 1.165) is 11.1 Å². The van der Waals surface area contributed by atoms with Gasteiger partial charge in [0.1, 0.15) is 0 Å². The van der Waals surface area contributed by atoms with Crippen molar-refractivity contribution in [3.63, 3.8) is 0 Å². The number of nitrogens with zero attached hydrogens (tertiary/aromatic N) is 3. The van der Waals surface area contributed by atoms with E-state index >= 15 is 0 Å². The Morgan fingerprint density at radius 2 is 1.96 bits per heavy atom. The smallest absolute Gasteiger partial charge is 0.253 e. The van der Waals surface area contributed by atoms with Gasteiger partial charge in [0.05, 0.1) is 12.9 Å². The molecule has 25 heavy (non-hydrogen) atoms. The van der Waals surface area contributed by atoms with Gasteiger partial charge in [-0.25, -0.2) is 4.98 Å². The summed E-state index contributed by atoms with van der Waals surface area (Å²) in [6.07, 6.45) is 8.17. The summed E-state index contributed by atoms with van der Waals surface area (Å²) in [6, 6.07) is 8.63. The molecule has 0 saturated carbocycles. The number of amides is 1. The second-order valence-electron chi connectivity index (χ2n) is 5.59. The van der Waals surface area contributed by atoms with E-state index in [1.807, 2.05) is 18.2 Å². The van der Waals surface area contributed by atoms with Gasteiger partial charge >= 0.3 is 0 Å². The molecule has 0 aliphatic rings. The number of carbonyl (C=O) groups excluding carboxylic acids is 1. The number of rotatable bonds is 7. The molecule has 2 rings (SSSR count). The first-order valence-electron chi connectivity index (χ1n) is 7.84. The highest BCUT2D eigenvalue weighted by molar-refractivity contribution is 5.94. The van der Waals surface area contributed by atoms with Crippen LogP contribution < -0.4 is 5.56 Å². The predicted molar refractivity (Wildman–Crippen MR) is 99.5 cm³/mol. The molecular formula is C20H21N3O2. The zero-order chi connectivity index (χ0) is 18.2. The number of aromatic nitrogens is 2. The zero-order valence-electron chi connectivity index (χ0n) is 14.3. The summed E-state index contributed by atoms with van der Waals surface area (Å²) in [4.78, 5) is 29.8. The maximum Gasteiger partial charge on any atom is 0.253 e. The summed E-state index contributed by atoms with van der Waals surface area (Å²) in [5, 5.41) is 0. The van der Waals surface area contributed by atoms with Crippen LogP contribution in [0.4, 0.5) is 0 Å². The van der Waals surface area contributed by atoms with Crippen molar-refractivity contribution >= 4 is 5.91 Å². The summed E-state index contributed by atoms with van der Waals surface area (Å²) in [5.74, 6) is -0.0816. The van der Waals surface area contributed by atoms with Gasteiger partial charge in [-0.2, -0.15) is 0 Å². The van der Waals surface area contributed by atoms with E-state index in [9.17, 15) is 9.59 Å². The fraction of sp³-hybridized carbons (Fsp3) is 0.150. The van der Waals surface area contributed by atoms with Crippen LogP contribution in [0.25, 0.3) is 0 Å². The minimum absolute atomic E-state index is 0.0816. The minimum Gasteiger partial charge on any atom is -0.337 e. The molecule has 5 nitrogen and oxygen atoms in total. The Balaban J connectivity index is 2.08. The third-order valence-corrected chi connectivity index (χ3v) is 3.71. The first kappa shape index (κ1) is 18.1. The highest BCUT2D eigenvalue weighted by Gasteiger charge is 2.12. The lowest BCUT2D eigenvalue weighted by Crippen LogP contribution is -2.28. The number of hydrogen-bond acceptors (Lipinski definition) is 3. The SMILES string of the molecule is C=C/C=C(\C=C)CN(C)C(=O)c1ccc(Cn2cnccc2=O)cc1. The molecular weight excluding hydrogens is 314 g/mol. The molecule has 0 fully saturated rings. The Kier molecular flexibility index (Phi) is 6.23. The van der Waals surface area contributed by atoms with Gasteiger partial charge in [0, 0.05) is 31.4 Å². The van der Waals surface area contributed by atoms with Crippen molar-refractivity contribution < 1.29 is 4.79 Å². The molecule has 5 heteroatoms. The Labute approximate surface area is 147 Å². The summed E-state index contributed by atoms with van der Waals surface area (Å²) in [6.45, 7) is 8.26. The van der Waals surface area contributed by atoms with Crippen molar-refractivity contribution in [1.82, 2.24) is 14.5 Å². The van der Waals surface area contributed by atoms with Gasteiger partial charge in [0.15, 0.2) is 0 Å². The predicted octanol–water partition coefficient (Wildman–Crippen LogP) is 2.66. The Morgan fingerprint density at radius 3 is 2.56 bits per heavy atom. The molecule has 0 spiro atoms. The molecule has 0 saturated heterocycles. The topological polar surface area (TPSA) is 55.2 Å². The van der Waals surface area contributed by atoms with Crippen molar-refractivity contribution in [2.45, 2.75) is 6.54 Å². The van der Waals surface area contributed by atoms with E-state index in [0.29, 0.717) is 18.7 Å². The van der Waals surface area contributed by atoms with Gasteiger partial charge in [0.2, 0.25) is 0 Å². The lowest BCUT2D eigenvalue weighted by Gasteiger charge is -2.18. The van der Waals surface area contributed by atoms with Crippen molar-refractivity contribution in [3.8, 4) is 0 Å². The van der Waals surface area contributed by atoms with Crippen LogP contribution >= 0.6 is 0 Å². The number of carbonyl (C=O) groups is 1. The van der Waals surface area contributed by atoms with Crippen LogP contribution in [-0.2, 0) is 6.54 Å². The molecule has 0 atom stereocenters. The van der Waals surface area contributed by atoms with Crippen molar-refractivity contribution in [2.24, 2.45) is 0 Å². The van der Waals surface area contributed by atoms with Crippen LogP contribution in [0.2, 0.25) is 0 Å². The first-order valence-corrected chi connectivity index (χ1v) is 7.84.